The first kappa shape index (κ1) is 12.1. The Bertz CT molecular complexity index is 382. The lowest BCUT2D eigenvalue weighted by Crippen LogP contribution is -2.36. The van der Waals surface area contributed by atoms with Gasteiger partial charge in [-0.15, -0.1) is 10.2 Å². The van der Waals surface area contributed by atoms with Crippen LogP contribution in [0.15, 0.2) is 6.33 Å². The van der Waals surface area contributed by atoms with Crippen molar-refractivity contribution in [2.24, 2.45) is 13.0 Å². The van der Waals surface area contributed by atoms with Gasteiger partial charge in [0.15, 0.2) is 0 Å². The van der Waals surface area contributed by atoms with Crippen LogP contribution in [-0.2, 0) is 7.05 Å². The van der Waals surface area contributed by atoms with E-state index in [0.29, 0.717) is 6.04 Å². The van der Waals surface area contributed by atoms with Crippen molar-refractivity contribution >= 4 is 0 Å². The highest BCUT2D eigenvalue weighted by atomic mass is 15.3. The molecule has 5 heteroatoms. The molecule has 1 unspecified atom stereocenters. The quantitative estimate of drug-likeness (QED) is 0.866. The minimum absolute atomic E-state index is 0.493. The van der Waals surface area contributed by atoms with Crippen LogP contribution in [0.5, 0.6) is 0 Å². The molecule has 0 aliphatic carbocycles. The third kappa shape index (κ3) is 2.42. The molecule has 0 saturated carbocycles. The van der Waals surface area contributed by atoms with Crippen LogP contribution in [0, 0.1) is 5.92 Å². The topological polar surface area (TPSA) is 46.0 Å². The second-order valence-corrected chi connectivity index (χ2v) is 5.65. The number of hydrogen-bond acceptors (Lipinski definition) is 4. The Kier molecular flexibility index (Phi) is 3.61. The van der Waals surface area contributed by atoms with E-state index in [1.54, 1.807) is 0 Å². The SMILES string of the molecule is Cn1cnnc1C1CCCN1CC1CCNCC1. The van der Waals surface area contributed by atoms with Crippen LogP contribution in [0.1, 0.15) is 37.5 Å². The summed E-state index contributed by atoms with van der Waals surface area (Å²) >= 11 is 0. The lowest BCUT2D eigenvalue weighted by Gasteiger charge is -2.30. The van der Waals surface area contributed by atoms with Crippen molar-refractivity contribution in [1.82, 2.24) is 25.0 Å². The number of nitrogens with zero attached hydrogens (tertiary/aromatic N) is 4. The highest BCUT2D eigenvalue weighted by Gasteiger charge is 2.31. The van der Waals surface area contributed by atoms with Crippen LogP contribution in [0.2, 0.25) is 0 Å². The summed E-state index contributed by atoms with van der Waals surface area (Å²) in [4.78, 5) is 2.62. The summed E-state index contributed by atoms with van der Waals surface area (Å²) in [5, 5.41) is 11.8. The third-order valence-electron chi connectivity index (χ3n) is 4.36. The zero-order valence-electron chi connectivity index (χ0n) is 11.2. The maximum Gasteiger partial charge on any atom is 0.149 e. The van der Waals surface area contributed by atoms with Gasteiger partial charge in [-0.25, -0.2) is 0 Å². The molecule has 5 nitrogen and oxygen atoms in total. The number of hydrogen-bond donors (Lipinski definition) is 1. The Morgan fingerprint density at radius 1 is 1.33 bits per heavy atom. The highest BCUT2D eigenvalue weighted by Crippen LogP contribution is 2.31. The van der Waals surface area contributed by atoms with E-state index in [1.165, 1.54) is 51.9 Å². The zero-order chi connectivity index (χ0) is 12.4. The molecule has 1 N–H and O–H groups in total. The van der Waals surface area contributed by atoms with Crippen molar-refractivity contribution < 1.29 is 0 Å². The van der Waals surface area contributed by atoms with Gasteiger partial charge in [-0.2, -0.15) is 0 Å². The molecule has 1 aromatic heterocycles. The molecule has 2 saturated heterocycles. The number of piperidine rings is 1. The van der Waals surface area contributed by atoms with Crippen molar-refractivity contribution in [2.75, 3.05) is 26.2 Å². The van der Waals surface area contributed by atoms with Crippen molar-refractivity contribution in [3.05, 3.63) is 12.2 Å². The molecule has 100 valence electrons. The predicted molar refractivity (Wildman–Crippen MR) is 70.1 cm³/mol. The first-order valence-electron chi connectivity index (χ1n) is 7.13. The fraction of sp³-hybridized carbons (Fsp3) is 0.846. The molecule has 18 heavy (non-hydrogen) atoms. The minimum atomic E-state index is 0.493. The molecule has 0 spiro atoms. The molecule has 2 aliphatic rings. The molecule has 0 bridgehead atoms. The van der Waals surface area contributed by atoms with Crippen LogP contribution in [0.4, 0.5) is 0 Å². The summed E-state index contributed by atoms with van der Waals surface area (Å²) in [5.74, 6) is 2.00. The van der Waals surface area contributed by atoms with Crippen LogP contribution >= 0.6 is 0 Å². The average Bonchev–Trinajstić information content (AvgIpc) is 2.99. The van der Waals surface area contributed by atoms with E-state index in [0.717, 1.165) is 11.7 Å². The molecule has 0 amide bonds. The van der Waals surface area contributed by atoms with Crippen LogP contribution in [-0.4, -0.2) is 45.8 Å². The van der Waals surface area contributed by atoms with Gasteiger partial charge in [0.25, 0.3) is 0 Å². The van der Waals surface area contributed by atoms with Crippen LogP contribution in [0.3, 0.4) is 0 Å². The van der Waals surface area contributed by atoms with E-state index in [2.05, 4.69) is 32.0 Å². The smallest absolute Gasteiger partial charge is 0.149 e. The minimum Gasteiger partial charge on any atom is -0.319 e. The Morgan fingerprint density at radius 2 is 2.17 bits per heavy atom. The summed E-state index contributed by atoms with van der Waals surface area (Å²) in [7, 11) is 2.05. The van der Waals surface area contributed by atoms with Crippen molar-refractivity contribution in [2.45, 2.75) is 31.7 Å². The molecule has 1 aromatic rings. The Balaban J connectivity index is 1.66. The summed E-state index contributed by atoms with van der Waals surface area (Å²) in [6.45, 7) is 4.83. The maximum atomic E-state index is 4.30. The molecule has 2 aliphatic heterocycles. The van der Waals surface area contributed by atoms with Gasteiger partial charge in [-0.1, -0.05) is 0 Å². The fourth-order valence-electron chi connectivity index (χ4n) is 3.33. The number of likely N-dealkylation sites (tertiary alicyclic amines) is 1. The Labute approximate surface area is 109 Å². The lowest BCUT2D eigenvalue weighted by molar-refractivity contribution is 0.185. The van der Waals surface area contributed by atoms with E-state index in [-0.39, 0.29) is 0 Å². The van der Waals surface area contributed by atoms with Gasteiger partial charge in [0.05, 0.1) is 6.04 Å². The number of aryl methyl sites for hydroxylation is 1. The van der Waals surface area contributed by atoms with Gasteiger partial charge in [-0.05, 0) is 51.2 Å². The van der Waals surface area contributed by atoms with E-state index in [9.17, 15) is 0 Å². The van der Waals surface area contributed by atoms with E-state index in [1.807, 2.05) is 6.33 Å². The molecule has 1 atom stereocenters. The number of rotatable bonds is 3. The van der Waals surface area contributed by atoms with Gasteiger partial charge >= 0.3 is 0 Å². The third-order valence-corrected chi connectivity index (χ3v) is 4.36. The largest absolute Gasteiger partial charge is 0.319 e. The summed E-state index contributed by atoms with van der Waals surface area (Å²) < 4.78 is 2.07. The zero-order valence-corrected chi connectivity index (χ0v) is 11.2. The standard InChI is InChI=1S/C13H23N5/c1-17-10-15-16-13(17)12-3-2-8-18(12)9-11-4-6-14-7-5-11/h10-12,14H,2-9H2,1H3. The monoisotopic (exact) mass is 249 g/mol. The van der Waals surface area contributed by atoms with Crippen molar-refractivity contribution in [3.63, 3.8) is 0 Å². The second kappa shape index (κ2) is 5.36. The van der Waals surface area contributed by atoms with Crippen LogP contribution in [0.25, 0.3) is 0 Å². The Morgan fingerprint density at radius 3 is 2.89 bits per heavy atom. The average molecular weight is 249 g/mol. The predicted octanol–water partition coefficient (Wildman–Crippen LogP) is 0.952. The molecule has 3 rings (SSSR count). The normalized spacial score (nSPS) is 26.8. The Hall–Kier alpha value is -0.940. The summed E-state index contributed by atoms with van der Waals surface area (Å²) in [6.07, 6.45) is 6.99. The molecule has 0 aromatic carbocycles. The molecule has 0 radical (unpaired) electrons. The molecule has 3 heterocycles. The number of aromatic nitrogens is 3. The maximum absolute atomic E-state index is 4.30. The molecular formula is C13H23N5. The van der Waals surface area contributed by atoms with Gasteiger partial charge in [-0.3, -0.25) is 4.90 Å². The van der Waals surface area contributed by atoms with E-state index >= 15 is 0 Å². The summed E-state index contributed by atoms with van der Waals surface area (Å²) in [6, 6.07) is 0.493. The van der Waals surface area contributed by atoms with Gasteiger partial charge in [0.2, 0.25) is 0 Å². The van der Waals surface area contributed by atoms with Gasteiger partial charge < -0.3 is 9.88 Å². The molecule has 2 fully saturated rings. The van der Waals surface area contributed by atoms with Gasteiger partial charge in [0.1, 0.15) is 12.2 Å². The highest BCUT2D eigenvalue weighted by molar-refractivity contribution is 4.98. The van der Waals surface area contributed by atoms with Crippen molar-refractivity contribution in [3.8, 4) is 0 Å². The number of nitrogens with one attached hydrogen (secondary N) is 1. The second-order valence-electron chi connectivity index (χ2n) is 5.65. The first-order chi connectivity index (χ1) is 8.84. The van der Waals surface area contributed by atoms with Crippen molar-refractivity contribution in [1.29, 1.82) is 0 Å². The van der Waals surface area contributed by atoms with E-state index in [4.69, 9.17) is 0 Å². The van der Waals surface area contributed by atoms with E-state index < -0.39 is 0 Å². The summed E-state index contributed by atoms with van der Waals surface area (Å²) in [5.41, 5.74) is 0. The first-order valence-corrected chi connectivity index (χ1v) is 7.13. The fourth-order valence-corrected chi connectivity index (χ4v) is 3.33. The molecular weight excluding hydrogens is 226 g/mol. The van der Waals surface area contributed by atoms with Crippen LogP contribution < -0.4 is 5.32 Å². The lowest BCUT2D eigenvalue weighted by atomic mass is 9.97. The van der Waals surface area contributed by atoms with Gasteiger partial charge in [0, 0.05) is 13.6 Å².